The number of rotatable bonds is 11. The number of carbonyl (C=O) groups excluding carboxylic acids is 4. The Kier molecular flexibility index (Phi) is 10.4. The van der Waals surface area contributed by atoms with Crippen LogP contribution < -0.4 is 16.0 Å². The van der Waals surface area contributed by atoms with Crippen molar-refractivity contribution in [3.63, 3.8) is 0 Å². The molecule has 1 aromatic heterocycles. The lowest BCUT2D eigenvalue weighted by Gasteiger charge is -2.32. The van der Waals surface area contributed by atoms with E-state index >= 15 is 0 Å². The number of nitrogens with zero attached hydrogens (tertiary/aromatic N) is 1. The molecule has 11 heteroatoms. The Morgan fingerprint density at radius 1 is 1.05 bits per heavy atom. The number of benzene rings is 1. The molecule has 0 radical (unpaired) electrons. The molecule has 1 heterocycles. The Morgan fingerprint density at radius 3 is 2.30 bits per heavy atom. The first-order chi connectivity index (χ1) is 18.9. The van der Waals surface area contributed by atoms with Crippen LogP contribution in [0.3, 0.4) is 0 Å². The summed E-state index contributed by atoms with van der Waals surface area (Å²) < 4.78 is 0. The van der Waals surface area contributed by atoms with Crippen LogP contribution in [-0.2, 0) is 30.4 Å². The summed E-state index contributed by atoms with van der Waals surface area (Å²) >= 11 is 0.931. The van der Waals surface area contributed by atoms with Crippen molar-refractivity contribution in [3.05, 3.63) is 48.2 Å². The highest BCUT2D eigenvalue weighted by Crippen LogP contribution is 2.32. The molecule has 1 aromatic carbocycles. The molecule has 0 bridgehead atoms. The molecule has 2 atom stereocenters. The normalized spacial score (nSPS) is 15.6. The number of pyridine rings is 1. The van der Waals surface area contributed by atoms with Gasteiger partial charge in [0, 0.05) is 37.7 Å². The van der Waals surface area contributed by atoms with Crippen molar-refractivity contribution in [2.75, 3.05) is 5.32 Å². The Hall–Kier alpha value is -3.73. The minimum atomic E-state index is -1.23. The average molecular weight is 569 g/mol. The zero-order chi connectivity index (χ0) is 29.4. The largest absolute Gasteiger partial charge is 0.480 e. The van der Waals surface area contributed by atoms with Crippen LogP contribution in [-0.4, -0.2) is 55.7 Å². The zero-order valence-electron chi connectivity index (χ0n) is 23.2. The molecule has 1 saturated carbocycles. The number of anilines is 1. The van der Waals surface area contributed by atoms with E-state index in [0.717, 1.165) is 17.3 Å². The number of hydrogen-bond acceptors (Lipinski definition) is 7. The molecule has 214 valence electrons. The minimum Gasteiger partial charge on any atom is -0.480 e. The predicted molar refractivity (Wildman–Crippen MR) is 153 cm³/mol. The topological polar surface area (TPSA) is 155 Å². The highest BCUT2D eigenvalue weighted by molar-refractivity contribution is 8.14. The Labute approximate surface area is 238 Å². The van der Waals surface area contributed by atoms with Crippen LogP contribution in [0.25, 0.3) is 11.3 Å². The summed E-state index contributed by atoms with van der Waals surface area (Å²) in [6, 6.07) is 9.47. The number of amides is 3. The third kappa shape index (κ3) is 8.14. The molecule has 4 N–H and O–H groups in total. The van der Waals surface area contributed by atoms with E-state index in [1.54, 1.807) is 36.5 Å². The molecule has 2 unspecified atom stereocenters. The van der Waals surface area contributed by atoms with Gasteiger partial charge < -0.3 is 21.1 Å². The van der Waals surface area contributed by atoms with Crippen LogP contribution >= 0.6 is 11.8 Å². The van der Waals surface area contributed by atoms with Gasteiger partial charge >= 0.3 is 5.97 Å². The fourth-order valence-electron chi connectivity index (χ4n) is 4.77. The minimum absolute atomic E-state index is 0.000874. The van der Waals surface area contributed by atoms with Gasteiger partial charge in [-0.15, -0.1) is 0 Å². The van der Waals surface area contributed by atoms with E-state index in [1.165, 1.54) is 13.8 Å². The maximum absolute atomic E-state index is 13.5. The van der Waals surface area contributed by atoms with Crippen molar-refractivity contribution < 1.29 is 29.1 Å². The van der Waals surface area contributed by atoms with Gasteiger partial charge in [-0.25, -0.2) is 4.79 Å². The maximum Gasteiger partial charge on any atom is 0.326 e. The Balaban J connectivity index is 1.73. The number of aliphatic carboxylic acids is 1. The molecular weight excluding hydrogens is 532 g/mol. The quantitative estimate of drug-likeness (QED) is 0.321. The number of hydrogen-bond donors (Lipinski definition) is 4. The van der Waals surface area contributed by atoms with Crippen LogP contribution in [0.15, 0.2) is 42.6 Å². The van der Waals surface area contributed by atoms with Gasteiger partial charge in [-0.05, 0) is 42.5 Å². The van der Waals surface area contributed by atoms with Crippen LogP contribution in [0, 0.1) is 5.92 Å². The summed E-state index contributed by atoms with van der Waals surface area (Å²) in [4.78, 5) is 66.2. The third-order valence-electron chi connectivity index (χ3n) is 6.76. The first kappa shape index (κ1) is 30.8. The summed E-state index contributed by atoms with van der Waals surface area (Å²) in [6.07, 6.45) is 3.76. The molecule has 1 aliphatic rings. The van der Waals surface area contributed by atoms with E-state index in [0.29, 0.717) is 42.6 Å². The van der Waals surface area contributed by atoms with Crippen molar-refractivity contribution in [3.8, 4) is 11.3 Å². The lowest BCUT2D eigenvalue weighted by Crippen LogP contribution is -2.61. The second-order valence-electron chi connectivity index (χ2n) is 10.4. The highest BCUT2D eigenvalue weighted by Gasteiger charge is 2.45. The second-order valence-corrected chi connectivity index (χ2v) is 11.8. The smallest absolute Gasteiger partial charge is 0.326 e. The van der Waals surface area contributed by atoms with Crippen molar-refractivity contribution in [2.45, 2.75) is 76.6 Å². The predicted octanol–water partition coefficient (Wildman–Crippen LogP) is 3.55. The van der Waals surface area contributed by atoms with Crippen molar-refractivity contribution in [2.24, 2.45) is 5.92 Å². The lowest BCUT2D eigenvalue weighted by molar-refractivity contribution is -0.143. The van der Waals surface area contributed by atoms with Crippen molar-refractivity contribution in [1.29, 1.82) is 0 Å². The number of carbonyl (C=O) groups is 5. The molecular formula is C29H36N4O6S. The zero-order valence-corrected chi connectivity index (χ0v) is 24.0. The van der Waals surface area contributed by atoms with Crippen LogP contribution in [0.1, 0.15) is 58.9 Å². The molecule has 2 aromatic rings. The third-order valence-corrected chi connectivity index (χ3v) is 8.10. The van der Waals surface area contributed by atoms with Crippen molar-refractivity contribution >= 4 is 46.3 Å². The Bertz CT molecular complexity index is 1260. The molecule has 0 saturated heterocycles. The monoisotopic (exact) mass is 568 g/mol. The molecule has 1 fully saturated rings. The first-order valence-electron chi connectivity index (χ1n) is 13.3. The van der Waals surface area contributed by atoms with E-state index in [2.05, 4.69) is 20.9 Å². The van der Waals surface area contributed by atoms with Gasteiger partial charge in [0.2, 0.25) is 17.7 Å². The van der Waals surface area contributed by atoms with Crippen molar-refractivity contribution in [1.82, 2.24) is 15.6 Å². The van der Waals surface area contributed by atoms with E-state index in [-0.39, 0.29) is 23.4 Å². The summed E-state index contributed by atoms with van der Waals surface area (Å²) in [5.41, 5.74) is 1.44. The highest BCUT2D eigenvalue weighted by atomic mass is 32.2. The van der Waals surface area contributed by atoms with Gasteiger partial charge in [-0.1, -0.05) is 56.7 Å². The molecule has 1 aliphatic carbocycles. The second kappa shape index (κ2) is 13.6. The number of carboxylic acids is 1. The van der Waals surface area contributed by atoms with Gasteiger partial charge in [0.1, 0.15) is 11.6 Å². The van der Waals surface area contributed by atoms with E-state index in [1.807, 2.05) is 19.9 Å². The standard InChI is InChI=1S/C29H36N4O6S/c1-17(2)25(40-19(4)35)26(36)33-29(12-5-6-13-29)28(39)32-24(27(37)38)14-20-10-11-23(30-16-20)21-8-7-9-22(15-21)31-18(3)34/h7-11,15-17,24-25H,5-6,12-14H2,1-4H3,(H,31,34)(H,32,39)(H,33,36)(H,37,38). The maximum atomic E-state index is 13.5. The fourth-order valence-corrected chi connectivity index (χ4v) is 5.57. The molecule has 10 nitrogen and oxygen atoms in total. The summed E-state index contributed by atoms with van der Waals surface area (Å²) in [6.45, 7) is 6.49. The van der Waals surface area contributed by atoms with Gasteiger partial charge in [-0.2, -0.15) is 0 Å². The van der Waals surface area contributed by atoms with Crippen LogP contribution in [0.4, 0.5) is 5.69 Å². The molecule has 0 spiro atoms. The first-order valence-corrected chi connectivity index (χ1v) is 14.1. The summed E-state index contributed by atoms with van der Waals surface area (Å²) in [5.74, 6) is -2.46. The molecule has 40 heavy (non-hydrogen) atoms. The summed E-state index contributed by atoms with van der Waals surface area (Å²) in [7, 11) is 0. The SMILES string of the molecule is CC(=O)Nc1cccc(-c2ccc(CC(NC(=O)C3(NC(=O)C(SC(C)=O)C(C)C)CCCC3)C(=O)O)cn2)c1. The van der Waals surface area contributed by atoms with E-state index in [4.69, 9.17) is 0 Å². The van der Waals surface area contributed by atoms with Crippen LogP contribution in [0.5, 0.6) is 0 Å². The number of aromatic nitrogens is 1. The Morgan fingerprint density at radius 2 is 1.75 bits per heavy atom. The fraction of sp³-hybridized carbons (Fsp3) is 0.448. The number of nitrogens with one attached hydrogen (secondary N) is 3. The van der Waals surface area contributed by atoms with E-state index < -0.39 is 34.6 Å². The van der Waals surface area contributed by atoms with Gasteiger partial charge in [0.15, 0.2) is 5.12 Å². The van der Waals surface area contributed by atoms with Gasteiger partial charge in [-0.3, -0.25) is 24.2 Å². The summed E-state index contributed by atoms with van der Waals surface area (Å²) in [5, 5.41) is 17.3. The van der Waals surface area contributed by atoms with Gasteiger partial charge in [0.25, 0.3) is 0 Å². The molecule has 3 amide bonds. The van der Waals surface area contributed by atoms with E-state index in [9.17, 15) is 29.1 Å². The lowest BCUT2D eigenvalue weighted by atomic mass is 9.94. The number of carboxylic acid groups (broad SMARTS) is 1. The molecule has 0 aliphatic heterocycles. The molecule has 3 rings (SSSR count). The average Bonchev–Trinajstić information content (AvgIpc) is 3.36. The van der Waals surface area contributed by atoms with Gasteiger partial charge in [0.05, 0.1) is 10.9 Å². The number of thioether (sulfide) groups is 1. The van der Waals surface area contributed by atoms with Crippen LogP contribution in [0.2, 0.25) is 0 Å².